The molecule has 0 bridgehead atoms. The molecule has 0 spiro atoms. The summed E-state index contributed by atoms with van der Waals surface area (Å²) in [6, 6.07) is 5.65. The number of piperidine rings is 2. The lowest BCUT2D eigenvalue weighted by Gasteiger charge is -2.41. The maximum atomic E-state index is 10.7. The maximum Gasteiger partial charge on any atom is 0.153 e. The van der Waals surface area contributed by atoms with Crippen LogP contribution in [0.4, 0.5) is 0 Å². The van der Waals surface area contributed by atoms with E-state index in [4.69, 9.17) is 4.74 Å². The van der Waals surface area contributed by atoms with Gasteiger partial charge in [-0.05, 0) is 44.2 Å². The Kier molecular flexibility index (Phi) is 4.44. The van der Waals surface area contributed by atoms with Gasteiger partial charge in [0.25, 0.3) is 0 Å². The number of hydrogen-bond acceptors (Lipinski definition) is 3. The van der Waals surface area contributed by atoms with Crippen molar-refractivity contribution < 1.29 is 19.5 Å². The van der Waals surface area contributed by atoms with Gasteiger partial charge in [0, 0.05) is 12.0 Å². The Labute approximate surface area is 125 Å². The number of quaternary nitrogens is 1. The Bertz CT molecular complexity index is 501. The average molecular weight is 290 g/mol. The molecule has 0 saturated carbocycles. The van der Waals surface area contributed by atoms with E-state index in [0.717, 1.165) is 6.04 Å². The fourth-order valence-corrected chi connectivity index (χ4v) is 3.89. The highest BCUT2D eigenvalue weighted by Crippen LogP contribution is 2.25. The third-order valence-electron chi connectivity index (χ3n) is 5.02. The minimum atomic E-state index is -0.00365. The van der Waals surface area contributed by atoms with E-state index in [2.05, 4.69) is 0 Å². The molecule has 1 unspecified atom stereocenters. The number of phenols is 1. The standard InChI is InChI=1S/C17H23NO3/c19-11-13-6-7-15(10-17(13)20)21-12-14-4-3-9-18-8-2-1-5-16(14)18/h6-7,10-11,14,16,20H,1-5,8-9,12H2/p+1/t14-,16-/m1/s1. The molecule has 4 heteroatoms. The van der Waals surface area contributed by atoms with Gasteiger partial charge in [0.1, 0.15) is 11.5 Å². The predicted octanol–water partition coefficient (Wildman–Crippen LogP) is 1.43. The molecule has 2 aliphatic rings. The van der Waals surface area contributed by atoms with Crippen LogP contribution in [0.25, 0.3) is 0 Å². The number of ether oxygens (including phenoxy) is 1. The highest BCUT2D eigenvalue weighted by Gasteiger charge is 2.36. The molecule has 1 aromatic rings. The molecule has 114 valence electrons. The van der Waals surface area contributed by atoms with E-state index in [1.165, 1.54) is 51.3 Å². The van der Waals surface area contributed by atoms with E-state index in [9.17, 15) is 9.90 Å². The second-order valence-corrected chi connectivity index (χ2v) is 6.31. The Balaban J connectivity index is 1.61. The number of phenolic OH excluding ortho intramolecular Hbond substituents is 1. The van der Waals surface area contributed by atoms with Crippen molar-refractivity contribution in [3.8, 4) is 11.5 Å². The van der Waals surface area contributed by atoms with Crippen molar-refractivity contribution >= 4 is 6.29 Å². The van der Waals surface area contributed by atoms with Crippen LogP contribution in [0, 0.1) is 5.92 Å². The molecule has 2 aliphatic heterocycles. The number of nitrogens with one attached hydrogen (secondary N) is 1. The van der Waals surface area contributed by atoms with Crippen LogP contribution in [-0.4, -0.2) is 37.1 Å². The first-order valence-corrected chi connectivity index (χ1v) is 8.03. The Morgan fingerprint density at radius 2 is 2.10 bits per heavy atom. The molecular weight excluding hydrogens is 266 g/mol. The third-order valence-corrected chi connectivity index (χ3v) is 5.02. The van der Waals surface area contributed by atoms with Crippen molar-refractivity contribution in [2.75, 3.05) is 19.7 Å². The molecule has 2 N–H and O–H groups in total. The number of aldehydes is 1. The zero-order valence-electron chi connectivity index (χ0n) is 12.4. The molecule has 0 aromatic heterocycles. The first-order chi connectivity index (χ1) is 10.3. The largest absolute Gasteiger partial charge is 0.507 e. The molecule has 4 nitrogen and oxygen atoms in total. The zero-order chi connectivity index (χ0) is 14.7. The van der Waals surface area contributed by atoms with Crippen molar-refractivity contribution in [3.05, 3.63) is 23.8 Å². The Hall–Kier alpha value is -1.55. The Morgan fingerprint density at radius 3 is 2.90 bits per heavy atom. The highest BCUT2D eigenvalue weighted by atomic mass is 16.5. The minimum absolute atomic E-state index is 0.00365. The molecule has 21 heavy (non-hydrogen) atoms. The highest BCUT2D eigenvalue weighted by molar-refractivity contribution is 5.79. The second-order valence-electron chi connectivity index (χ2n) is 6.31. The number of carbonyl (C=O) groups excluding carboxylic acids is 1. The monoisotopic (exact) mass is 290 g/mol. The van der Waals surface area contributed by atoms with Crippen molar-refractivity contribution in [3.63, 3.8) is 0 Å². The predicted molar refractivity (Wildman–Crippen MR) is 80.0 cm³/mol. The molecule has 3 atom stereocenters. The van der Waals surface area contributed by atoms with Crippen LogP contribution in [0.2, 0.25) is 0 Å². The van der Waals surface area contributed by atoms with Gasteiger partial charge in [-0.3, -0.25) is 4.79 Å². The molecule has 0 amide bonds. The molecule has 1 aromatic carbocycles. The van der Waals surface area contributed by atoms with E-state index in [1.807, 2.05) is 0 Å². The maximum absolute atomic E-state index is 10.7. The molecule has 0 radical (unpaired) electrons. The lowest BCUT2D eigenvalue weighted by atomic mass is 9.84. The van der Waals surface area contributed by atoms with Gasteiger partial charge in [-0.15, -0.1) is 0 Å². The molecule has 2 saturated heterocycles. The number of benzene rings is 1. The summed E-state index contributed by atoms with van der Waals surface area (Å²) >= 11 is 0. The summed E-state index contributed by atoms with van der Waals surface area (Å²) < 4.78 is 5.89. The molecule has 2 fully saturated rings. The van der Waals surface area contributed by atoms with Gasteiger partial charge in [-0.2, -0.15) is 0 Å². The van der Waals surface area contributed by atoms with Gasteiger partial charge in [0.05, 0.1) is 31.3 Å². The van der Waals surface area contributed by atoms with Crippen molar-refractivity contribution in [1.29, 1.82) is 0 Å². The number of fused-ring (bicyclic) bond motifs is 1. The van der Waals surface area contributed by atoms with E-state index >= 15 is 0 Å². The first-order valence-electron chi connectivity index (χ1n) is 8.03. The van der Waals surface area contributed by atoms with Gasteiger partial charge in [-0.1, -0.05) is 0 Å². The van der Waals surface area contributed by atoms with E-state index < -0.39 is 0 Å². The summed E-state index contributed by atoms with van der Waals surface area (Å²) in [5.74, 6) is 1.26. The van der Waals surface area contributed by atoms with Crippen LogP contribution in [0.3, 0.4) is 0 Å². The quantitative estimate of drug-likeness (QED) is 0.825. The number of aromatic hydroxyl groups is 1. The number of carbonyl (C=O) groups is 1. The fraction of sp³-hybridized carbons (Fsp3) is 0.588. The Morgan fingerprint density at radius 1 is 1.24 bits per heavy atom. The topological polar surface area (TPSA) is 51.0 Å². The molecule has 0 aliphatic carbocycles. The molecular formula is C17H24NO3+. The molecule has 3 rings (SSSR count). The van der Waals surface area contributed by atoms with E-state index in [-0.39, 0.29) is 5.75 Å². The van der Waals surface area contributed by atoms with Crippen LogP contribution in [0.15, 0.2) is 18.2 Å². The van der Waals surface area contributed by atoms with Crippen LogP contribution in [-0.2, 0) is 0 Å². The summed E-state index contributed by atoms with van der Waals surface area (Å²) in [6.45, 7) is 3.35. The lowest BCUT2D eigenvalue weighted by molar-refractivity contribution is -0.940. The fourth-order valence-electron chi connectivity index (χ4n) is 3.89. The SMILES string of the molecule is O=Cc1ccc(OC[C@H]2CCC[NH+]3CCCC[C@H]23)cc1O. The minimum Gasteiger partial charge on any atom is -0.507 e. The van der Waals surface area contributed by atoms with E-state index in [1.54, 1.807) is 17.0 Å². The van der Waals surface area contributed by atoms with E-state index in [0.29, 0.717) is 30.1 Å². The zero-order valence-corrected chi connectivity index (χ0v) is 12.4. The summed E-state index contributed by atoms with van der Waals surface area (Å²) in [5.41, 5.74) is 0.308. The first kappa shape index (κ1) is 14.4. The summed E-state index contributed by atoms with van der Waals surface area (Å²) in [7, 11) is 0. The van der Waals surface area contributed by atoms with Crippen LogP contribution < -0.4 is 9.64 Å². The van der Waals surface area contributed by atoms with Crippen LogP contribution in [0.5, 0.6) is 11.5 Å². The van der Waals surface area contributed by atoms with Crippen molar-refractivity contribution in [2.24, 2.45) is 5.92 Å². The second kappa shape index (κ2) is 6.48. The van der Waals surface area contributed by atoms with Crippen LogP contribution >= 0.6 is 0 Å². The normalized spacial score (nSPS) is 28.7. The summed E-state index contributed by atoms with van der Waals surface area (Å²) in [5, 5.41) is 9.70. The van der Waals surface area contributed by atoms with Gasteiger partial charge in [0.15, 0.2) is 6.29 Å². The van der Waals surface area contributed by atoms with Gasteiger partial charge < -0.3 is 14.7 Å². The summed E-state index contributed by atoms with van der Waals surface area (Å²) in [4.78, 5) is 12.5. The number of rotatable bonds is 4. The van der Waals surface area contributed by atoms with Gasteiger partial charge in [0.2, 0.25) is 0 Å². The number of hydrogen-bond donors (Lipinski definition) is 2. The summed E-state index contributed by atoms with van der Waals surface area (Å²) in [6.07, 6.45) is 7.21. The van der Waals surface area contributed by atoms with Crippen molar-refractivity contribution in [1.82, 2.24) is 0 Å². The molecule has 2 heterocycles. The van der Waals surface area contributed by atoms with Crippen LogP contribution in [0.1, 0.15) is 42.5 Å². The third kappa shape index (κ3) is 3.21. The smallest absolute Gasteiger partial charge is 0.153 e. The lowest BCUT2D eigenvalue weighted by Crippen LogP contribution is -3.18. The van der Waals surface area contributed by atoms with Crippen molar-refractivity contribution in [2.45, 2.75) is 38.1 Å². The van der Waals surface area contributed by atoms with Gasteiger partial charge >= 0.3 is 0 Å². The average Bonchev–Trinajstić information content (AvgIpc) is 2.53. The van der Waals surface area contributed by atoms with Gasteiger partial charge in [-0.25, -0.2) is 0 Å².